The number of rotatable bonds is 7. The molecule has 0 aromatic heterocycles. The molecule has 2 N–H and O–H groups in total. The molecule has 2 aromatic carbocycles. The van der Waals surface area contributed by atoms with Gasteiger partial charge in [0.05, 0.1) is 5.71 Å². The van der Waals surface area contributed by atoms with Crippen LogP contribution in [-0.2, 0) is 20.8 Å². The molecular weight excluding hydrogens is 354 g/mol. The maximum atomic E-state index is 12.7. The van der Waals surface area contributed by atoms with Crippen molar-refractivity contribution in [3.63, 3.8) is 0 Å². The van der Waals surface area contributed by atoms with Gasteiger partial charge in [0, 0.05) is 18.9 Å². The molecule has 0 spiro atoms. The number of amides is 2. The molecule has 2 amide bonds. The standard InChI is InChI=1S/C22H25N3O3/c1-15(2)23-21(26)19(13-16-9-5-3-6-10-16)24-22(27)20-14-18(25-28-20)17-11-7-4-8-12-17/h3-12,15,19-20H,13-14H2,1-2H3,(H,23,26)(H,24,27)/t19-,20-/m1/s1. The lowest BCUT2D eigenvalue weighted by molar-refractivity contribution is -0.135. The highest BCUT2D eigenvalue weighted by Crippen LogP contribution is 2.17. The zero-order valence-electron chi connectivity index (χ0n) is 16.1. The summed E-state index contributed by atoms with van der Waals surface area (Å²) in [4.78, 5) is 30.7. The van der Waals surface area contributed by atoms with Crippen molar-refractivity contribution in [2.75, 3.05) is 0 Å². The summed E-state index contributed by atoms with van der Waals surface area (Å²) in [5, 5.41) is 9.75. The van der Waals surface area contributed by atoms with Gasteiger partial charge in [0.2, 0.25) is 12.0 Å². The molecule has 0 fully saturated rings. The Kier molecular flexibility index (Phi) is 6.42. The maximum absolute atomic E-state index is 12.7. The summed E-state index contributed by atoms with van der Waals surface area (Å²) >= 11 is 0. The van der Waals surface area contributed by atoms with Gasteiger partial charge >= 0.3 is 0 Å². The Bertz CT molecular complexity index is 835. The molecule has 1 aliphatic heterocycles. The largest absolute Gasteiger partial charge is 0.382 e. The fourth-order valence-electron chi connectivity index (χ4n) is 3.03. The van der Waals surface area contributed by atoms with Gasteiger partial charge in [-0.1, -0.05) is 65.8 Å². The van der Waals surface area contributed by atoms with Crippen molar-refractivity contribution >= 4 is 17.5 Å². The zero-order chi connectivity index (χ0) is 19.9. The molecule has 0 radical (unpaired) electrons. The molecule has 1 aliphatic rings. The predicted octanol–water partition coefficient (Wildman–Crippen LogP) is 2.43. The Morgan fingerprint density at radius 2 is 1.68 bits per heavy atom. The molecule has 3 rings (SSSR count). The molecule has 1 heterocycles. The fourth-order valence-corrected chi connectivity index (χ4v) is 3.03. The minimum atomic E-state index is -0.736. The minimum Gasteiger partial charge on any atom is -0.382 e. The Balaban J connectivity index is 1.65. The zero-order valence-corrected chi connectivity index (χ0v) is 16.1. The number of hydrogen-bond acceptors (Lipinski definition) is 4. The molecule has 0 unspecified atom stereocenters. The summed E-state index contributed by atoms with van der Waals surface area (Å²) in [6, 6.07) is 18.5. The van der Waals surface area contributed by atoms with Crippen LogP contribution in [0, 0.1) is 0 Å². The molecule has 0 bridgehead atoms. The Morgan fingerprint density at radius 3 is 2.32 bits per heavy atom. The van der Waals surface area contributed by atoms with Gasteiger partial charge in [0.1, 0.15) is 6.04 Å². The average molecular weight is 379 g/mol. The molecule has 146 valence electrons. The van der Waals surface area contributed by atoms with Crippen LogP contribution in [0.1, 0.15) is 31.4 Å². The van der Waals surface area contributed by atoms with E-state index in [9.17, 15) is 9.59 Å². The lowest BCUT2D eigenvalue weighted by Gasteiger charge is -2.21. The lowest BCUT2D eigenvalue weighted by atomic mass is 10.0. The van der Waals surface area contributed by atoms with Crippen molar-refractivity contribution in [3.05, 3.63) is 71.8 Å². The summed E-state index contributed by atoms with van der Waals surface area (Å²) in [5.41, 5.74) is 2.63. The number of carbonyl (C=O) groups excluding carboxylic acids is 2. The van der Waals surface area contributed by atoms with Crippen LogP contribution in [0.2, 0.25) is 0 Å². The highest BCUT2D eigenvalue weighted by atomic mass is 16.6. The van der Waals surface area contributed by atoms with Crippen LogP contribution in [0.25, 0.3) is 0 Å². The van der Waals surface area contributed by atoms with Gasteiger partial charge in [0.15, 0.2) is 0 Å². The van der Waals surface area contributed by atoms with E-state index >= 15 is 0 Å². The van der Waals surface area contributed by atoms with Crippen LogP contribution in [0.4, 0.5) is 0 Å². The van der Waals surface area contributed by atoms with E-state index in [1.165, 1.54) is 0 Å². The smallest absolute Gasteiger partial charge is 0.265 e. The molecule has 2 atom stereocenters. The topological polar surface area (TPSA) is 79.8 Å². The van der Waals surface area contributed by atoms with Gasteiger partial charge < -0.3 is 15.5 Å². The molecule has 0 saturated heterocycles. The van der Waals surface area contributed by atoms with Crippen molar-refractivity contribution in [2.24, 2.45) is 5.16 Å². The van der Waals surface area contributed by atoms with Crippen molar-refractivity contribution in [1.29, 1.82) is 0 Å². The second-order valence-corrected chi connectivity index (χ2v) is 7.12. The summed E-state index contributed by atoms with van der Waals surface area (Å²) in [6.45, 7) is 3.78. The third-order valence-electron chi connectivity index (χ3n) is 4.41. The van der Waals surface area contributed by atoms with Crippen LogP contribution in [0.15, 0.2) is 65.8 Å². The number of nitrogens with one attached hydrogen (secondary N) is 2. The average Bonchev–Trinajstić information content (AvgIpc) is 3.19. The van der Waals surface area contributed by atoms with Crippen LogP contribution in [-0.4, -0.2) is 35.7 Å². The van der Waals surface area contributed by atoms with Gasteiger partial charge in [-0.2, -0.15) is 0 Å². The molecule has 6 nitrogen and oxygen atoms in total. The first-order chi connectivity index (χ1) is 13.5. The van der Waals surface area contributed by atoms with Crippen molar-refractivity contribution < 1.29 is 14.4 Å². The number of hydrogen-bond donors (Lipinski definition) is 2. The third kappa shape index (κ3) is 5.19. The van der Waals surface area contributed by atoms with Gasteiger partial charge in [-0.15, -0.1) is 0 Å². The number of benzene rings is 2. The first-order valence-electron chi connectivity index (χ1n) is 9.45. The summed E-state index contributed by atoms with van der Waals surface area (Å²) < 4.78 is 0. The van der Waals surface area contributed by atoms with Gasteiger partial charge in [-0.3, -0.25) is 9.59 Å². The molecule has 6 heteroatoms. The summed E-state index contributed by atoms with van der Waals surface area (Å²) in [6.07, 6.45) is 0.0459. The predicted molar refractivity (Wildman–Crippen MR) is 108 cm³/mol. The minimum absolute atomic E-state index is 0.0153. The van der Waals surface area contributed by atoms with E-state index in [2.05, 4.69) is 15.8 Å². The van der Waals surface area contributed by atoms with Gasteiger partial charge in [-0.25, -0.2) is 0 Å². The Morgan fingerprint density at radius 1 is 1.04 bits per heavy atom. The highest BCUT2D eigenvalue weighted by Gasteiger charge is 2.32. The van der Waals surface area contributed by atoms with E-state index in [4.69, 9.17) is 4.84 Å². The molecular formula is C22H25N3O3. The molecule has 0 aliphatic carbocycles. The van der Waals surface area contributed by atoms with E-state index in [1.807, 2.05) is 74.5 Å². The summed E-state index contributed by atoms with van der Waals surface area (Å²) in [5.74, 6) is -0.552. The van der Waals surface area contributed by atoms with Crippen LogP contribution in [0.5, 0.6) is 0 Å². The maximum Gasteiger partial charge on any atom is 0.265 e. The third-order valence-corrected chi connectivity index (χ3v) is 4.41. The quantitative estimate of drug-likeness (QED) is 0.775. The van der Waals surface area contributed by atoms with E-state index in [1.54, 1.807) is 0 Å². The normalized spacial score (nSPS) is 16.8. The van der Waals surface area contributed by atoms with Crippen molar-refractivity contribution in [1.82, 2.24) is 10.6 Å². The Labute approximate surface area is 165 Å². The van der Waals surface area contributed by atoms with Crippen LogP contribution in [0.3, 0.4) is 0 Å². The van der Waals surface area contributed by atoms with Gasteiger partial charge in [0.25, 0.3) is 5.91 Å². The molecule has 28 heavy (non-hydrogen) atoms. The first kappa shape index (κ1) is 19.6. The van der Waals surface area contributed by atoms with Crippen LogP contribution < -0.4 is 10.6 Å². The fraction of sp³-hybridized carbons (Fsp3) is 0.318. The number of carbonyl (C=O) groups is 2. The van der Waals surface area contributed by atoms with Crippen molar-refractivity contribution in [2.45, 2.75) is 44.9 Å². The molecule has 0 saturated carbocycles. The second kappa shape index (κ2) is 9.17. The summed E-state index contributed by atoms with van der Waals surface area (Å²) in [7, 11) is 0. The number of nitrogens with zero attached hydrogens (tertiary/aromatic N) is 1. The van der Waals surface area contributed by atoms with Gasteiger partial charge in [-0.05, 0) is 25.0 Å². The SMILES string of the molecule is CC(C)NC(=O)[C@@H](Cc1ccccc1)NC(=O)[C@H]1CC(c2ccccc2)=NO1. The van der Waals surface area contributed by atoms with E-state index in [0.717, 1.165) is 16.8 Å². The van der Waals surface area contributed by atoms with E-state index in [-0.39, 0.29) is 17.9 Å². The highest BCUT2D eigenvalue weighted by molar-refractivity contribution is 6.04. The van der Waals surface area contributed by atoms with Crippen LogP contribution >= 0.6 is 0 Å². The molecule has 2 aromatic rings. The monoisotopic (exact) mass is 379 g/mol. The van der Waals surface area contributed by atoms with Crippen molar-refractivity contribution in [3.8, 4) is 0 Å². The van der Waals surface area contributed by atoms with E-state index < -0.39 is 12.1 Å². The number of oxime groups is 1. The van der Waals surface area contributed by atoms with E-state index in [0.29, 0.717) is 12.8 Å². The Hall–Kier alpha value is -3.15. The first-order valence-corrected chi connectivity index (χ1v) is 9.45. The lowest BCUT2D eigenvalue weighted by Crippen LogP contribution is -2.52. The second-order valence-electron chi connectivity index (χ2n) is 7.12.